The van der Waals surface area contributed by atoms with Crippen LogP contribution in [0.4, 0.5) is 0 Å². The predicted molar refractivity (Wildman–Crippen MR) is 138 cm³/mol. The monoisotopic (exact) mass is 522 g/mol. The number of likely N-dealkylation sites (tertiary alicyclic amines) is 1. The molecule has 2 rings (SSSR count). The number of nitrogens with zero attached hydrogens (tertiary/aromatic N) is 1. The number of thioether (sulfide) groups is 1. The summed E-state index contributed by atoms with van der Waals surface area (Å²) >= 11 is 1.52. The summed E-state index contributed by atoms with van der Waals surface area (Å²) in [5.41, 5.74) is 6.73. The zero-order chi connectivity index (χ0) is 26.8. The summed E-state index contributed by atoms with van der Waals surface area (Å²) in [6.45, 7) is 4.08. The van der Waals surface area contributed by atoms with Crippen molar-refractivity contribution in [3.05, 3.63) is 29.8 Å². The van der Waals surface area contributed by atoms with Crippen molar-refractivity contribution in [2.75, 3.05) is 18.6 Å². The highest BCUT2D eigenvalue weighted by Crippen LogP contribution is 2.20. The minimum absolute atomic E-state index is 0.0636. The summed E-state index contributed by atoms with van der Waals surface area (Å²) in [4.78, 5) is 52.5. The average molecular weight is 523 g/mol. The van der Waals surface area contributed by atoms with E-state index in [9.17, 15) is 29.4 Å². The van der Waals surface area contributed by atoms with Gasteiger partial charge >= 0.3 is 5.97 Å². The van der Waals surface area contributed by atoms with Crippen LogP contribution in [0.1, 0.15) is 45.1 Å². The van der Waals surface area contributed by atoms with Gasteiger partial charge in [-0.3, -0.25) is 14.4 Å². The summed E-state index contributed by atoms with van der Waals surface area (Å²) in [6.07, 6.45) is 3.94. The van der Waals surface area contributed by atoms with Crippen LogP contribution in [0.15, 0.2) is 24.3 Å². The third-order valence-corrected chi connectivity index (χ3v) is 7.26. The molecule has 10 nitrogen and oxygen atoms in total. The van der Waals surface area contributed by atoms with E-state index in [1.165, 1.54) is 28.8 Å². The van der Waals surface area contributed by atoms with Gasteiger partial charge in [-0.2, -0.15) is 11.8 Å². The number of aliphatic carboxylic acids is 1. The van der Waals surface area contributed by atoms with Crippen molar-refractivity contribution < 1.29 is 29.4 Å². The van der Waals surface area contributed by atoms with Gasteiger partial charge in [0, 0.05) is 13.0 Å². The number of phenols is 1. The van der Waals surface area contributed by atoms with Gasteiger partial charge in [-0.25, -0.2) is 4.79 Å². The van der Waals surface area contributed by atoms with E-state index in [2.05, 4.69) is 10.6 Å². The number of hydrogen-bond acceptors (Lipinski definition) is 7. The minimum Gasteiger partial charge on any atom is -0.508 e. The van der Waals surface area contributed by atoms with E-state index in [4.69, 9.17) is 5.73 Å². The standard InChI is InChI=1S/C25H38N4O6S/c1-4-15(2)21(26)23(32)27-18(11-13-36-3)22(31)28-19(14-16-7-9-17(30)10-8-16)24(33)29-12-5-6-20(29)25(34)35/h7-10,15,18-21,30H,4-6,11-14,26H2,1-3H3,(H,27,32)(H,28,31)(H,34,35). The van der Waals surface area contributed by atoms with Crippen molar-refractivity contribution >= 4 is 35.5 Å². The molecule has 200 valence electrons. The van der Waals surface area contributed by atoms with Crippen LogP contribution in [0, 0.1) is 5.92 Å². The third-order valence-electron chi connectivity index (χ3n) is 6.62. The van der Waals surface area contributed by atoms with Gasteiger partial charge in [-0.1, -0.05) is 32.4 Å². The molecule has 11 heteroatoms. The zero-order valence-corrected chi connectivity index (χ0v) is 21.9. The summed E-state index contributed by atoms with van der Waals surface area (Å²) in [7, 11) is 0. The highest BCUT2D eigenvalue weighted by molar-refractivity contribution is 7.98. The number of nitrogens with two attached hydrogens (primary N) is 1. The number of carbonyl (C=O) groups excluding carboxylic acids is 3. The Bertz CT molecular complexity index is 912. The van der Waals surface area contributed by atoms with Crippen molar-refractivity contribution in [2.45, 2.75) is 70.1 Å². The molecule has 36 heavy (non-hydrogen) atoms. The predicted octanol–water partition coefficient (Wildman–Crippen LogP) is 1.11. The number of amides is 3. The van der Waals surface area contributed by atoms with Crippen molar-refractivity contribution in [3.63, 3.8) is 0 Å². The maximum Gasteiger partial charge on any atom is 0.326 e. The smallest absolute Gasteiger partial charge is 0.326 e. The van der Waals surface area contributed by atoms with Crippen molar-refractivity contribution in [2.24, 2.45) is 11.7 Å². The summed E-state index contributed by atoms with van der Waals surface area (Å²) in [6, 6.07) is 2.57. The molecule has 0 bridgehead atoms. The number of benzene rings is 1. The molecule has 1 aliphatic heterocycles. The van der Waals surface area contributed by atoms with E-state index in [0.29, 0.717) is 37.0 Å². The number of nitrogens with one attached hydrogen (secondary N) is 2. The van der Waals surface area contributed by atoms with E-state index in [0.717, 1.165) is 0 Å². The SMILES string of the molecule is CCC(C)C(N)C(=O)NC(CCSC)C(=O)NC(Cc1ccc(O)cc1)C(=O)N1CCCC1C(=O)O. The molecule has 0 saturated carbocycles. The number of carboxylic acids is 1. The molecule has 0 aliphatic carbocycles. The first-order valence-corrected chi connectivity index (χ1v) is 13.6. The molecular weight excluding hydrogens is 484 g/mol. The third kappa shape index (κ3) is 8.12. The highest BCUT2D eigenvalue weighted by atomic mass is 32.2. The van der Waals surface area contributed by atoms with Gasteiger partial charge in [-0.05, 0) is 54.9 Å². The number of carbonyl (C=O) groups is 4. The fraction of sp³-hybridized carbons (Fsp3) is 0.600. The molecule has 3 amide bonds. The van der Waals surface area contributed by atoms with Gasteiger partial charge in [0.2, 0.25) is 17.7 Å². The quantitative estimate of drug-likeness (QED) is 0.257. The molecule has 1 aliphatic rings. The first kappa shape index (κ1) is 29.4. The van der Waals surface area contributed by atoms with E-state index < -0.39 is 47.9 Å². The lowest BCUT2D eigenvalue weighted by molar-refractivity contribution is -0.149. The Morgan fingerprint density at radius 1 is 1.14 bits per heavy atom. The van der Waals surface area contributed by atoms with Gasteiger partial charge in [-0.15, -0.1) is 0 Å². The van der Waals surface area contributed by atoms with Crippen molar-refractivity contribution in [3.8, 4) is 5.75 Å². The van der Waals surface area contributed by atoms with Crippen LogP contribution in [0.5, 0.6) is 5.75 Å². The van der Waals surface area contributed by atoms with Crippen LogP contribution in [-0.4, -0.2) is 81.5 Å². The van der Waals surface area contributed by atoms with Gasteiger partial charge in [0.05, 0.1) is 6.04 Å². The molecule has 6 N–H and O–H groups in total. The fourth-order valence-electron chi connectivity index (χ4n) is 4.11. The molecule has 1 heterocycles. The Morgan fingerprint density at radius 3 is 2.36 bits per heavy atom. The van der Waals surface area contributed by atoms with Crippen LogP contribution < -0.4 is 16.4 Å². The first-order valence-electron chi connectivity index (χ1n) is 12.2. The molecule has 1 aromatic rings. The number of phenolic OH excluding ortho intramolecular Hbond substituents is 1. The van der Waals surface area contributed by atoms with Crippen LogP contribution in [0.25, 0.3) is 0 Å². The molecule has 0 spiro atoms. The average Bonchev–Trinajstić information content (AvgIpc) is 3.36. The largest absolute Gasteiger partial charge is 0.508 e. The lowest BCUT2D eigenvalue weighted by Gasteiger charge is -2.29. The van der Waals surface area contributed by atoms with Crippen LogP contribution >= 0.6 is 11.8 Å². The Balaban J connectivity index is 2.26. The lowest BCUT2D eigenvalue weighted by atomic mass is 9.99. The summed E-state index contributed by atoms with van der Waals surface area (Å²) in [5, 5.41) is 24.6. The topological polar surface area (TPSA) is 162 Å². The normalized spacial score (nSPS) is 18.7. The summed E-state index contributed by atoms with van der Waals surface area (Å²) < 4.78 is 0. The molecule has 0 radical (unpaired) electrons. The van der Waals surface area contributed by atoms with E-state index in [1.807, 2.05) is 20.1 Å². The number of rotatable bonds is 13. The van der Waals surface area contributed by atoms with Gasteiger partial charge in [0.1, 0.15) is 23.9 Å². The molecule has 0 aromatic heterocycles. The number of aromatic hydroxyl groups is 1. The second kappa shape index (κ2) is 14.1. The minimum atomic E-state index is -1.08. The molecule has 5 unspecified atom stereocenters. The maximum absolute atomic E-state index is 13.4. The van der Waals surface area contributed by atoms with Crippen LogP contribution in [-0.2, 0) is 25.6 Å². The molecule has 1 aromatic carbocycles. The number of hydrogen-bond donors (Lipinski definition) is 5. The molecular formula is C25H38N4O6S. The van der Waals surface area contributed by atoms with E-state index in [1.54, 1.807) is 12.1 Å². The van der Waals surface area contributed by atoms with Crippen molar-refractivity contribution in [1.82, 2.24) is 15.5 Å². The molecule has 1 saturated heterocycles. The molecule has 1 fully saturated rings. The molecule has 5 atom stereocenters. The second-order valence-electron chi connectivity index (χ2n) is 9.21. The van der Waals surface area contributed by atoms with E-state index >= 15 is 0 Å². The number of carboxylic acid groups (broad SMARTS) is 1. The zero-order valence-electron chi connectivity index (χ0n) is 21.1. The first-order chi connectivity index (χ1) is 17.1. The van der Waals surface area contributed by atoms with Crippen LogP contribution in [0.3, 0.4) is 0 Å². The Kier molecular flexibility index (Phi) is 11.5. The Hall–Kier alpha value is -2.79. The van der Waals surface area contributed by atoms with Gasteiger partial charge in [0.25, 0.3) is 0 Å². The van der Waals surface area contributed by atoms with Gasteiger partial charge in [0.15, 0.2) is 0 Å². The van der Waals surface area contributed by atoms with E-state index in [-0.39, 0.29) is 24.6 Å². The fourth-order valence-corrected chi connectivity index (χ4v) is 4.58. The van der Waals surface area contributed by atoms with Crippen LogP contribution in [0.2, 0.25) is 0 Å². The Labute approximate surface area is 216 Å². The van der Waals surface area contributed by atoms with Crippen molar-refractivity contribution in [1.29, 1.82) is 0 Å². The highest BCUT2D eigenvalue weighted by Gasteiger charge is 2.38. The maximum atomic E-state index is 13.4. The lowest BCUT2D eigenvalue weighted by Crippen LogP contribution is -2.58. The summed E-state index contributed by atoms with van der Waals surface area (Å²) in [5.74, 6) is -1.95. The Morgan fingerprint density at radius 2 is 1.78 bits per heavy atom. The van der Waals surface area contributed by atoms with Gasteiger partial charge < -0.3 is 31.5 Å². The second-order valence-corrected chi connectivity index (χ2v) is 10.2.